The summed E-state index contributed by atoms with van der Waals surface area (Å²) in [7, 11) is -3.18. The van der Waals surface area contributed by atoms with E-state index in [2.05, 4.69) is 12.2 Å². The van der Waals surface area contributed by atoms with Gasteiger partial charge in [0.1, 0.15) is 0 Å². The summed E-state index contributed by atoms with van der Waals surface area (Å²) in [6, 6.07) is 7.66. The van der Waals surface area contributed by atoms with Crippen LogP contribution in [0, 0.1) is 6.92 Å². The minimum absolute atomic E-state index is 0.230. The second-order valence-electron chi connectivity index (χ2n) is 5.35. The molecule has 1 aliphatic carbocycles. The summed E-state index contributed by atoms with van der Waals surface area (Å²) in [6.07, 6.45) is 3.62. The molecule has 0 saturated heterocycles. The number of nitrogens with one attached hydrogen (secondary N) is 1. The average molecular weight is 281 g/mol. The maximum atomic E-state index is 12.7. The molecule has 1 aromatic carbocycles. The Balaban J connectivity index is 2.22. The molecule has 0 bridgehead atoms. The summed E-state index contributed by atoms with van der Waals surface area (Å²) < 4.78 is 25.5. The van der Waals surface area contributed by atoms with Crippen LogP contribution in [0.25, 0.3) is 0 Å². The van der Waals surface area contributed by atoms with E-state index < -0.39 is 9.84 Å². The minimum atomic E-state index is -3.18. The van der Waals surface area contributed by atoms with Crippen LogP contribution in [-0.4, -0.2) is 26.3 Å². The van der Waals surface area contributed by atoms with E-state index in [0.717, 1.165) is 37.8 Å². The molecule has 2 unspecified atom stereocenters. The zero-order chi connectivity index (χ0) is 13.9. The molecule has 1 aliphatic rings. The van der Waals surface area contributed by atoms with Gasteiger partial charge in [0.25, 0.3) is 0 Å². The molecule has 0 heterocycles. The summed E-state index contributed by atoms with van der Waals surface area (Å²) in [4.78, 5) is 0.511. The predicted octanol–water partition coefficient (Wildman–Crippen LogP) is 2.69. The van der Waals surface area contributed by atoms with Crippen LogP contribution >= 0.6 is 0 Å². The van der Waals surface area contributed by atoms with E-state index in [1.54, 1.807) is 6.07 Å². The topological polar surface area (TPSA) is 46.2 Å². The van der Waals surface area contributed by atoms with Crippen molar-refractivity contribution in [3.63, 3.8) is 0 Å². The van der Waals surface area contributed by atoms with Crippen LogP contribution in [0.15, 0.2) is 29.2 Å². The van der Waals surface area contributed by atoms with E-state index in [1.807, 2.05) is 25.1 Å². The Morgan fingerprint density at radius 2 is 2.00 bits per heavy atom. The van der Waals surface area contributed by atoms with Crippen LogP contribution in [0.3, 0.4) is 0 Å². The Morgan fingerprint density at radius 1 is 1.26 bits per heavy atom. The molecule has 19 heavy (non-hydrogen) atoms. The summed E-state index contributed by atoms with van der Waals surface area (Å²) in [5.74, 6) is 0. The second-order valence-corrected chi connectivity index (χ2v) is 7.55. The van der Waals surface area contributed by atoms with E-state index in [-0.39, 0.29) is 5.25 Å². The van der Waals surface area contributed by atoms with Crippen molar-refractivity contribution in [1.29, 1.82) is 0 Å². The highest BCUT2D eigenvalue weighted by Gasteiger charge is 2.33. The normalized spacial score (nSPS) is 24.3. The number of sulfone groups is 1. The van der Waals surface area contributed by atoms with Crippen LogP contribution in [0.2, 0.25) is 0 Å². The Hall–Kier alpha value is -0.870. The molecule has 1 fully saturated rings. The number of rotatable bonds is 4. The smallest absolute Gasteiger partial charge is 0.181 e. The highest BCUT2D eigenvalue weighted by Crippen LogP contribution is 2.30. The van der Waals surface area contributed by atoms with Gasteiger partial charge in [-0.3, -0.25) is 0 Å². The molecule has 0 radical (unpaired) electrons. The monoisotopic (exact) mass is 281 g/mol. The Kier molecular flexibility index (Phi) is 4.63. The molecule has 0 aromatic heterocycles. The zero-order valence-electron chi connectivity index (χ0n) is 11.7. The van der Waals surface area contributed by atoms with Crippen molar-refractivity contribution in [3.8, 4) is 0 Å². The lowest BCUT2D eigenvalue weighted by Crippen LogP contribution is -2.39. The summed E-state index contributed by atoms with van der Waals surface area (Å²) in [5, 5.41) is 3.16. The van der Waals surface area contributed by atoms with Crippen LogP contribution in [-0.2, 0) is 9.84 Å². The Bertz CT molecular complexity index is 523. The van der Waals surface area contributed by atoms with E-state index in [1.165, 1.54) is 0 Å². The Labute approximate surface area is 116 Å². The standard InChI is InChI=1S/C15H23NO2S/c1-3-16-13-8-6-9-14(11-13)19(17,18)15-10-5-4-7-12(15)2/h4-5,7,10,13-14,16H,3,6,8-9,11H2,1-2H3. The van der Waals surface area contributed by atoms with E-state index in [9.17, 15) is 8.42 Å². The molecule has 2 atom stereocenters. The van der Waals surface area contributed by atoms with Gasteiger partial charge in [0, 0.05) is 6.04 Å². The minimum Gasteiger partial charge on any atom is -0.314 e. The largest absolute Gasteiger partial charge is 0.314 e. The first kappa shape index (κ1) is 14.5. The summed E-state index contributed by atoms with van der Waals surface area (Å²) >= 11 is 0. The second kappa shape index (κ2) is 6.06. The van der Waals surface area contributed by atoms with E-state index in [4.69, 9.17) is 0 Å². The fourth-order valence-electron chi connectivity index (χ4n) is 2.96. The van der Waals surface area contributed by atoms with Gasteiger partial charge in [-0.2, -0.15) is 0 Å². The average Bonchev–Trinajstić information content (AvgIpc) is 2.40. The van der Waals surface area contributed by atoms with Gasteiger partial charge in [-0.15, -0.1) is 0 Å². The molecule has 2 rings (SSSR count). The highest BCUT2D eigenvalue weighted by atomic mass is 32.2. The summed E-state index contributed by atoms with van der Waals surface area (Å²) in [6.45, 7) is 4.85. The van der Waals surface area contributed by atoms with Crippen LogP contribution in [0.4, 0.5) is 0 Å². The van der Waals surface area contributed by atoms with Gasteiger partial charge in [-0.25, -0.2) is 8.42 Å². The van der Waals surface area contributed by atoms with Gasteiger partial charge in [0.05, 0.1) is 10.1 Å². The van der Waals surface area contributed by atoms with E-state index >= 15 is 0 Å². The summed E-state index contributed by atoms with van der Waals surface area (Å²) in [5.41, 5.74) is 0.855. The number of benzene rings is 1. The SMILES string of the molecule is CCNC1CCCC(S(=O)(=O)c2ccccc2C)C1. The number of aryl methyl sites for hydroxylation is 1. The first-order valence-corrected chi connectivity index (χ1v) is 8.63. The van der Waals surface area contributed by atoms with Gasteiger partial charge in [0.2, 0.25) is 0 Å². The number of hydrogen-bond acceptors (Lipinski definition) is 3. The molecule has 106 valence electrons. The molecular formula is C15H23NO2S. The fourth-order valence-corrected chi connectivity index (χ4v) is 5.06. The van der Waals surface area contributed by atoms with Crippen LogP contribution in [0.5, 0.6) is 0 Å². The zero-order valence-corrected chi connectivity index (χ0v) is 12.5. The molecule has 0 aliphatic heterocycles. The third-order valence-corrected chi connectivity index (χ3v) is 6.33. The molecule has 0 spiro atoms. The van der Waals surface area contributed by atoms with Crippen molar-refractivity contribution in [3.05, 3.63) is 29.8 Å². The lowest BCUT2D eigenvalue weighted by molar-refractivity contribution is 0.377. The van der Waals surface area contributed by atoms with E-state index in [0.29, 0.717) is 10.9 Å². The maximum absolute atomic E-state index is 12.7. The molecule has 1 N–H and O–H groups in total. The first-order valence-electron chi connectivity index (χ1n) is 7.08. The third-order valence-electron chi connectivity index (χ3n) is 3.96. The Morgan fingerprint density at radius 3 is 2.68 bits per heavy atom. The fraction of sp³-hybridized carbons (Fsp3) is 0.600. The molecule has 1 aromatic rings. The van der Waals surface area contributed by atoms with Crippen molar-refractivity contribution >= 4 is 9.84 Å². The van der Waals surface area contributed by atoms with Gasteiger partial charge in [-0.1, -0.05) is 31.5 Å². The lowest BCUT2D eigenvalue weighted by atomic mass is 9.95. The first-order chi connectivity index (χ1) is 9.05. The van der Waals surface area contributed by atoms with Crippen LogP contribution in [0.1, 0.15) is 38.2 Å². The van der Waals surface area contributed by atoms with Gasteiger partial charge >= 0.3 is 0 Å². The van der Waals surface area contributed by atoms with Gasteiger partial charge in [0.15, 0.2) is 9.84 Å². The third kappa shape index (κ3) is 3.18. The molecular weight excluding hydrogens is 258 g/mol. The lowest BCUT2D eigenvalue weighted by Gasteiger charge is -2.29. The van der Waals surface area contributed by atoms with Crippen molar-refractivity contribution in [2.45, 2.75) is 55.7 Å². The molecule has 4 heteroatoms. The van der Waals surface area contributed by atoms with Gasteiger partial charge in [-0.05, 0) is 44.4 Å². The number of hydrogen-bond donors (Lipinski definition) is 1. The predicted molar refractivity (Wildman–Crippen MR) is 78.1 cm³/mol. The highest BCUT2D eigenvalue weighted by molar-refractivity contribution is 7.92. The van der Waals surface area contributed by atoms with Crippen molar-refractivity contribution in [2.75, 3.05) is 6.54 Å². The maximum Gasteiger partial charge on any atom is 0.181 e. The molecule has 1 saturated carbocycles. The molecule has 0 amide bonds. The van der Waals surface area contributed by atoms with Crippen molar-refractivity contribution < 1.29 is 8.42 Å². The van der Waals surface area contributed by atoms with Gasteiger partial charge < -0.3 is 5.32 Å². The quantitative estimate of drug-likeness (QED) is 0.923. The van der Waals surface area contributed by atoms with Crippen molar-refractivity contribution in [1.82, 2.24) is 5.32 Å². The molecule has 3 nitrogen and oxygen atoms in total. The van der Waals surface area contributed by atoms with Crippen molar-refractivity contribution in [2.24, 2.45) is 0 Å². The van der Waals surface area contributed by atoms with Crippen LogP contribution < -0.4 is 5.32 Å².